The summed E-state index contributed by atoms with van der Waals surface area (Å²) in [6, 6.07) is 0. The van der Waals surface area contributed by atoms with E-state index >= 15 is 0 Å². The van der Waals surface area contributed by atoms with Crippen molar-refractivity contribution in [2.24, 2.45) is 16.6 Å². The Balaban J connectivity index is 2.10. The first-order chi connectivity index (χ1) is 6.68. The highest BCUT2D eigenvalue weighted by Crippen LogP contribution is 2.39. The van der Waals surface area contributed by atoms with Crippen molar-refractivity contribution in [1.82, 2.24) is 4.90 Å². The predicted octanol–water partition coefficient (Wildman–Crippen LogP) is 1.59. The topological polar surface area (TPSA) is 41.6 Å². The van der Waals surface area contributed by atoms with Crippen LogP contribution in [0, 0.1) is 5.92 Å². The van der Waals surface area contributed by atoms with Crippen LogP contribution in [0.25, 0.3) is 0 Å². The van der Waals surface area contributed by atoms with Crippen molar-refractivity contribution in [2.45, 2.75) is 44.6 Å². The lowest BCUT2D eigenvalue weighted by molar-refractivity contribution is 0.125. The number of aliphatic imine (C=N–C) groups is 1. The summed E-state index contributed by atoms with van der Waals surface area (Å²) in [6.07, 6.45) is 6.58. The van der Waals surface area contributed by atoms with Crippen molar-refractivity contribution in [3.05, 3.63) is 0 Å². The van der Waals surface area contributed by atoms with Gasteiger partial charge in [0.2, 0.25) is 0 Å². The molecule has 1 heterocycles. The van der Waals surface area contributed by atoms with Crippen LogP contribution in [-0.2, 0) is 0 Å². The second-order valence-electron chi connectivity index (χ2n) is 4.83. The molecule has 80 valence electrons. The van der Waals surface area contributed by atoms with Gasteiger partial charge < -0.3 is 10.6 Å². The van der Waals surface area contributed by atoms with Gasteiger partial charge in [-0.3, -0.25) is 4.99 Å². The van der Waals surface area contributed by atoms with E-state index in [1.165, 1.54) is 32.1 Å². The van der Waals surface area contributed by atoms with Gasteiger partial charge in [0.25, 0.3) is 0 Å². The molecule has 0 aromatic carbocycles. The molecule has 0 amide bonds. The zero-order valence-corrected chi connectivity index (χ0v) is 9.29. The fourth-order valence-electron chi connectivity index (χ4n) is 2.94. The number of guanidine groups is 1. The van der Waals surface area contributed by atoms with E-state index in [9.17, 15) is 0 Å². The van der Waals surface area contributed by atoms with Crippen LogP contribution >= 0.6 is 0 Å². The number of rotatable bonds is 1. The molecule has 2 rings (SSSR count). The van der Waals surface area contributed by atoms with Gasteiger partial charge in [0.15, 0.2) is 5.96 Å². The minimum absolute atomic E-state index is 0.281. The van der Waals surface area contributed by atoms with Gasteiger partial charge in [-0.1, -0.05) is 26.2 Å². The molecule has 2 aliphatic rings. The minimum atomic E-state index is 0.281. The zero-order chi connectivity index (χ0) is 10.2. The molecule has 2 atom stereocenters. The maximum absolute atomic E-state index is 5.85. The fourth-order valence-corrected chi connectivity index (χ4v) is 2.94. The van der Waals surface area contributed by atoms with Crippen LogP contribution in [-0.4, -0.2) is 30.0 Å². The Morgan fingerprint density at radius 1 is 1.64 bits per heavy atom. The molecule has 1 aliphatic carbocycles. The smallest absolute Gasteiger partial charge is 0.191 e. The summed E-state index contributed by atoms with van der Waals surface area (Å²) >= 11 is 0. The molecule has 3 nitrogen and oxygen atoms in total. The van der Waals surface area contributed by atoms with E-state index < -0.39 is 0 Å². The average molecular weight is 195 g/mol. The van der Waals surface area contributed by atoms with Crippen molar-refractivity contribution >= 4 is 5.96 Å². The molecular weight excluding hydrogens is 174 g/mol. The van der Waals surface area contributed by atoms with Crippen LogP contribution in [0.3, 0.4) is 0 Å². The van der Waals surface area contributed by atoms with Gasteiger partial charge in [0, 0.05) is 7.05 Å². The lowest BCUT2D eigenvalue weighted by Crippen LogP contribution is -2.51. The number of likely N-dealkylation sites (N-methyl/N-ethyl adjacent to an activating group) is 1. The van der Waals surface area contributed by atoms with Crippen LogP contribution in [0.4, 0.5) is 0 Å². The lowest BCUT2D eigenvalue weighted by atomic mass is 9.74. The van der Waals surface area contributed by atoms with E-state index in [0.717, 1.165) is 18.4 Å². The molecule has 3 heteroatoms. The zero-order valence-electron chi connectivity index (χ0n) is 9.29. The van der Waals surface area contributed by atoms with Crippen molar-refractivity contribution in [3.8, 4) is 0 Å². The molecule has 14 heavy (non-hydrogen) atoms. The van der Waals surface area contributed by atoms with Crippen molar-refractivity contribution in [1.29, 1.82) is 0 Å². The highest BCUT2D eigenvalue weighted by Gasteiger charge is 2.43. The first-order valence-corrected chi connectivity index (χ1v) is 5.72. The first kappa shape index (κ1) is 9.81. The second-order valence-corrected chi connectivity index (χ2v) is 4.83. The van der Waals surface area contributed by atoms with Crippen molar-refractivity contribution < 1.29 is 0 Å². The highest BCUT2D eigenvalue weighted by molar-refractivity contribution is 5.80. The summed E-state index contributed by atoms with van der Waals surface area (Å²) in [4.78, 5) is 6.60. The molecule has 0 bridgehead atoms. The molecule has 2 unspecified atom stereocenters. The largest absolute Gasteiger partial charge is 0.370 e. The van der Waals surface area contributed by atoms with Crippen LogP contribution in [0.2, 0.25) is 0 Å². The highest BCUT2D eigenvalue weighted by atomic mass is 15.3. The molecule has 1 aliphatic heterocycles. The van der Waals surface area contributed by atoms with Crippen LogP contribution in [0.15, 0.2) is 4.99 Å². The summed E-state index contributed by atoms with van der Waals surface area (Å²) in [5, 5.41) is 0. The molecule has 0 radical (unpaired) electrons. The Morgan fingerprint density at radius 3 is 3.00 bits per heavy atom. The van der Waals surface area contributed by atoms with Gasteiger partial charge >= 0.3 is 0 Å². The molecule has 1 saturated carbocycles. The van der Waals surface area contributed by atoms with Crippen LogP contribution in [0.1, 0.15) is 39.0 Å². The molecule has 0 aromatic heterocycles. The van der Waals surface area contributed by atoms with E-state index in [1.54, 1.807) is 0 Å². The normalized spacial score (nSPS) is 37.7. The number of nitrogens with zero attached hydrogens (tertiary/aromatic N) is 2. The molecule has 0 aromatic rings. The van der Waals surface area contributed by atoms with E-state index in [2.05, 4.69) is 23.9 Å². The Morgan fingerprint density at radius 2 is 2.43 bits per heavy atom. The maximum atomic E-state index is 5.85. The Labute approximate surface area is 86.4 Å². The molecule has 0 saturated heterocycles. The third-order valence-electron chi connectivity index (χ3n) is 4.09. The van der Waals surface area contributed by atoms with Crippen molar-refractivity contribution in [2.75, 3.05) is 13.6 Å². The van der Waals surface area contributed by atoms with Gasteiger partial charge in [-0.15, -0.1) is 0 Å². The Bertz CT molecular complexity index is 249. The van der Waals surface area contributed by atoms with E-state index in [0.29, 0.717) is 0 Å². The summed E-state index contributed by atoms with van der Waals surface area (Å²) in [6.45, 7) is 3.22. The standard InChI is InChI=1S/C11H21N3/c1-3-9-5-4-6-11(7-9)8-13-10(12)14(11)2/h9H,3-8H2,1-2H3,(H2,12,13). The van der Waals surface area contributed by atoms with Crippen LogP contribution in [0.5, 0.6) is 0 Å². The van der Waals surface area contributed by atoms with E-state index in [4.69, 9.17) is 5.73 Å². The van der Waals surface area contributed by atoms with Gasteiger partial charge in [0.1, 0.15) is 0 Å². The molecule has 2 N–H and O–H groups in total. The predicted molar refractivity (Wildman–Crippen MR) is 59.2 cm³/mol. The van der Waals surface area contributed by atoms with Gasteiger partial charge in [-0.2, -0.15) is 0 Å². The number of hydrogen-bond donors (Lipinski definition) is 1. The third kappa shape index (κ3) is 1.39. The number of nitrogens with two attached hydrogens (primary N) is 1. The maximum Gasteiger partial charge on any atom is 0.191 e. The summed E-state index contributed by atoms with van der Waals surface area (Å²) in [7, 11) is 2.10. The molecule has 1 spiro atoms. The minimum Gasteiger partial charge on any atom is -0.370 e. The molecular formula is C11H21N3. The number of hydrogen-bond acceptors (Lipinski definition) is 3. The summed E-state index contributed by atoms with van der Waals surface area (Å²) < 4.78 is 0. The Kier molecular flexibility index (Phi) is 2.41. The summed E-state index contributed by atoms with van der Waals surface area (Å²) in [5.41, 5.74) is 6.13. The summed E-state index contributed by atoms with van der Waals surface area (Å²) in [5.74, 6) is 1.62. The van der Waals surface area contributed by atoms with Gasteiger partial charge in [0.05, 0.1) is 12.1 Å². The van der Waals surface area contributed by atoms with Gasteiger partial charge in [-0.05, 0) is 18.8 Å². The van der Waals surface area contributed by atoms with E-state index in [-0.39, 0.29) is 5.54 Å². The third-order valence-corrected chi connectivity index (χ3v) is 4.09. The van der Waals surface area contributed by atoms with E-state index in [1.807, 2.05) is 0 Å². The van der Waals surface area contributed by atoms with Gasteiger partial charge in [-0.25, -0.2) is 0 Å². The fraction of sp³-hybridized carbons (Fsp3) is 0.909. The van der Waals surface area contributed by atoms with Crippen molar-refractivity contribution in [3.63, 3.8) is 0 Å². The lowest BCUT2D eigenvalue weighted by Gasteiger charge is -2.43. The SMILES string of the molecule is CCC1CCCC2(CN=C(N)N2C)C1. The molecule has 1 fully saturated rings. The second kappa shape index (κ2) is 3.44. The van der Waals surface area contributed by atoms with Crippen LogP contribution < -0.4 is 5.73 Å². The monoisotopic (exact) mass is 195 g/mol. The Hall–Kier alpha value is -0.730. The quantitative estimate of drug-likeness (QED) is 0.690. The average Bonchev–Trinajstić information content (AvgIpc) is 2.48. The first-order valence-electron chi connectivity index (χ1n) is 5.72.